The van der Waals surface area contributed by atoms with Crippen molar-refractivity contribution in [2.75, 3.05) is 38.2 Å². The highest BCUT2D eigenvalue weighted by atomic mass is 16.5. The molecule has 0 aliphatic carbocycles. The maximum absolute atomic E-state index is 5.29. The second-order valence-electron chi connectivity index (χ2n) is 4.81. The van der Waals surface area contributed by atoms with Crippen LogP contribution < -0.4 is 15.0 Å². The van der Waals surface area contributed by atoms with Crippen molar-refractivity contribution in [3.63, 3.8) is 0 Å². The SMILES string of the molecule is COc1cccc(N2CCCNCC(C)C2)c1. The number of methoxy groups -OCH3 is 1. The Labute approximate surface area is 104 Å². The largest absolute Gasteiger partial charge is 0.497 e. The Morgan fingerprint density at radius 3 is 3.12 bits per heavy atom. The van der Waals surface area contributed by atoms with E-state index in [1.54, 1.807) is 7.11 Å². The number of anilines is 1. The standard InChI is InChI=1S/C14H22N2O/c1-12-10-15-7-4-8-16(11-12)13-5-3-6-14(9-13)17-2/h3,5-6,9,12,15H,4,7-8,10-11H2,1-2H3. The Morgan fingerprint density at radius 1 is 1.41 bits per heavy atom. The zero-order valence-corrected chi connectivity index (χ0v) is 10.8. The molecule has 1 heterocycles. The summed E-state index contributed by atoms with van der Waals surface area (Å²) in [7, 11) is 1.72. The van der Waals surface area contributed by atoms with Crippen molar-refractivity contribution in [2.45, 2.75) is 13.3 Å². The molecule has 1 fully saturated rings. The molecule has 3 nitrogen and oxygen atoms in total. The monoisotopic (exact) mass is 234 g/mol. The van der Waals surface area contributed by atoms with Crippen molar-refractivity contribution in [1.29, 1.82) is 0 Å². The molecule has 0 amide bonds. The molecule has 0 bridgehead atoms. The minimum absolute atomic E-state index is 0.682. The third-order valence-corrected chi connectivity index (χ3v) is 3.22. The molecule has 1 atom stereocenters. The number of hydrogen-bond donors (Lipinski definition) is 1. The van der Waals surface area contributed by atoms with Crippen molar-refractivity contribution in [3.8, 4) is 5.75 Å². The van der Waals surface area contributed by atoms with E-state index >= 15 is 0 Å². The van der Waals surface area contributed by atoms with Crippen LogP contribution in [0.15, 0.2) is 24.3 Å². The number of nitrogens with zero attached hydrogens (tertiary/aromatic N) is 1. The van der Waals surface area contributed by atoms with Crippen LogP contribution in [0, 0.1) is 5.92 Å². The maximum atomic E-state index is 5.29. The lowest BCUT2D eigenvalue weighted by atomic mass is 10.1. The molecule has 1 unspecified atom stereocenters. The predicted octanol–water partition coefficient (Wildman–Crippen LogP) is 2.13. The van der Waals surface area contributed by atoms with E-state index in [1.807, 2.05) is 6.07 Å². The van der Waals surface area contributed by atoms with E-state index in [1.165, 1.54) is 12.1 Å². The van der Waals surface area contributed by atoms with Crippen molar-refractivity contribution < 1.29 is 4.74 Å². The summed E-state index contributed by atoms with van der Waals surface area (Å²) in [6.45, 7) is 6.75. The van der Waals surface area contributed by atoms with Gasteiger partial charge in [0.05, 0.1) is 7.11 Å². The van der Waals surface area contributed by atoms with Gasteiger partial charge in [0.2, 0.25) is 0 Å². The minimum atomic E-state index is 0.682. The quantitative estimate of drug-likeness (QED) is 0.848. The third kappa shape index (κ3) is 3.37. The number of nitrogens with one attached hydrogen (secondary N) is 1. The first-order valence-electron chi connectivity index (χ1n) is 6.39. The summed E-state index contributed by atoms with van der Waals surface area (Å²) in [5.74, 6) is 1.62. The third-order valence-electron chi connectivity index (χ3n) is 3.22. The molecule has 2 rings (SSSR count). The molecular formula is C14H22N2O. The van der Waals surface area contributed by atoms with Crippen molar-refractivity contribution in [2.24, 2.45) is 5.92 Å². The van der Waals surface area contributed by atoms with E-state index < -0.39 is 0 Å². The summed E-state index contributed by atoms with van der Waals surface area (Å²) in [6, 6.07) is 8.36. The van der Waals surface area contributed by atoms with Gasteiger partial charge in [-0.25, -0.2) is 0 Å². The summed E-state index contributed by atoms with van der Waals surface area (Å²) >= 11 is 0. The highest BCUT2D eigenvalue weighted by molar-refractivity contribution is 5.50. The van der Waals surface area contributed by atoms with Crippen LogP contribution >= 0.6 is 0 Å². The fourth-order valence-electron chi connectivity index (χ4n) is 2.32. The smallest absolute Gasteiger partial charge is 0.120 e. The summed E-state index contributed by atoms with van der Waals surface area (Å²) in [4.78, 5) is 2.47. The van der Waals surface area contributed by atoms with Gasteiger partial charge in [-0.05, 0) is 37.6 Å². The van der Waals surface area contributed by atoms with E-state index in [-0.39, 0.29) is 0 Å². The summed E-state index contributed by atoms with van der Waals surface area (Å²) < 4.78 is 5.29. The van der Waals surface area contributed by atoms with E-state index in [4.69, 9.17) is 4.74 Å². The van der Waals surface area contributed by atoms with Gasteiger partial charge < -0.3 is 15.0 Å². The van der Waals surface area contributed by atoms with Gasteiger partial charge in [-0.15, -0.1) is 0 Å². The second kappa shape index (κ2) is 5.92. The minimum Gasteiger partial charge on any atom is -0.497 e. The molecule has 1 saturated heterocycles. The fourth-order valence-corrected chi connectivity index (χ4v) is 2.32. The van der Waals surface area contributed by atoms with Crippen LogP contribution in [-0.4, -0.2) is 33.3 Å². The Morgan fingerprint density at radius 2 is 2.29 bits per heavy atom. The van der Waals surface area contributed by atoms with Crippen LogP contribution in [0.5, 0.6) is 5.75 Å². The number of ether oxygens (including phenoxy) is 1. The van der Waals surface area contributed by atoms with Gasteiger partial charge in [0, 0.05) is 24.8 Å². The van der Waals surface area contributed by atoms with E-state index in [9.17, 15) is 0 Å². The van der Waals surface area contributed by atoms with Gasteiger partial charge in [-0.3, -0.25) is 0 Å². The van der Waals surface area contributed by atoms with E-state index in [0.29, 0.717) is 5.92 Å². The molecule has 1 aliphatic heterocycles. The molecule has 1 N–H and O–H groups in total. The fraction of sp³-hybridized carbons (Fsp3) is 0.571. The Balaban J connectivity index is 2.11. The zero-order valence-electron chi connectivity index (χ0n) is 10.8. The highest BCUT2D eigenvalue weighted by Crippen LogP contribution is 2.22. The van der Waals surface area contributed by atoms with Gasteiger partial charge in [-0.1, -0.05) is 13.0 Å². The molecule has 0 aromatic heterocycles. The van der Waals surface area contributed by atoms with Crippen molar-refractivity contribution >= 4 is 5.69 Å². The summed E-state index contributed by atoms with van der Waals surface area (Å²) in [6.07, 6.45) is 1.20. The van der Waals surface area contributed by atoms with Gasteiger partial charge in [0.25, 0.3) is 0 Å². The lowest BCUT2D eigenvalue weighted by molar-refractivity contribution is 0.414. The number of rotatable bonds is 2. The molecular weight excluding hydrogens is 212 g/mol. The van der Waals surface area contributed by atoms with Crippen molar-refractivity contribution in [1.82, 2.24) is 5.32 Å². The van der Waals surface area contributed by atoms with Crippen LogP contribution in [0.1, 0.15) is 13.3 Å². The molecule has 1 aromatic carbocycles. The lowest BCUT2D eigenvalue weighted by Crippen LogP contribution is -2.38. The van der Waals surface area contributed by atoms with Gasteiger partial charge >= 0.3 is 0 Å². The zero-order chi connectivity index (χ0) is 12.1. The van der Waals surface area contributed by atoms with Crippen LogP contribution in [-0.2, 0) is 0 Å². The molecule has 1 aromatic rings. The topological polar surface area (TPSA) is 24.5 Å². The highest BCUT2D eigenvalue weighted by Gasteiger charge is 2.13. The van der Waals surface area contributed by atoms with Crippen LogP contribution in [0.25, 0.3) is 0 Å². The first kappa shape index (κ1) is 12.2. The van der Waals surface area contributed by atoms with E-state index in [0.717, 1.165) is 31.9 Å². The van der Waals surface area contributed by atoms with Crippen LogP contribution in [0.4, 0.5) is 5.69 Å². The molecule has 0 radical (unpaired) electrons. The molecule has 1 aliphatic rings. The second-order valence-corrected chi connectivity index (χ2v) is 4.81. The summed E-state index contributed by atoms with van der Waals surface area (Å²) in [5, 5.41) is 3.48. The number of hydrogen-bond acceptors (Lipinski definition) is 3. The van der Waals surface area contributed by atoms with Gasteiger partial charge in [0.1, 0.15) is 5.75 Å². The van der Waals surface area contributed by atoms with Crippen molar-refractivity contribution in [3.05, 3.63) is 24.3 Å². The average molecular weight is 234 g/mol. The molecule has 0 saturated carbocycles. The molecule has 17 heavy (non-hydrogen) atoms. The van der Waals surface area contributed by atoms with Crippen LogP contribution in [0.2, 0.25) is 0 Å². The number of benzene rings is 1. The van der Waals surface area contributed by atoms with Gasteiger partial charge in [0.15, 0.2) is 0 Å². The first-order chi connectivity index (χ1) is 8.29. The van der Waals surface area contributed by atoms with Gasteiger partial charge in [-0.2, -0.15) is 0 Å². The normalized spacial score (nSPS) is 21.8. The first-order valence-corrected chi connectivity index (χ1v) is 6.39. The average Bonchev–Trinajstić information content (AvgIpc) is 2.33. The molecule has 94 valence electrons. The maximum Gasteiger partial charge on any atom is 0.120 e. The van der Waals surface area contributed by atoms with Crippen LogP contribution in [0.3, 0.4) is 0 Å². The Hall–Kier alpha value is -1.22. The summed E-state index contributed by atoms with van der Waals surface area (Å²) in [5.41, 5.74) is 1.28. The van der Waals surface area contributed by atoms with E-state index in [2.05, 4.69) is 35.3 Å². The Kier molecular flexibility index (Phi) is 4.26. The molecule has 0 spiro atoms. The predicted molar refractivity (Wildman–Crippen MR) is 71.9 cm³/mol. The Bertz CT molecular complexity index is 354. The lowest BCUT2D eigenvalue weighted by Gasteiger charge is -2.30. The molecule has 3 heteroatoms.